The summed E-state index contributed by atoms with van der Waals surface area (Å²) in [4.78, 5) is 0. The zero-order chi connectivity index (χ0) is 12.1. The average molecular weight is 266 g/mol. The minimum absolute atomic E-state index is 0. The van der Waals surface area contributed by atoms with E-state index in [9.17, 15) is 0 Å². The van der Waals surface area contributed by atoms with Crippen LogP contribution in [0.2, 0.25) is 0 Å². The van der Waals surface area contributed by atoms with Crippen LogP contribution in [0.5, 0.6) is 5.75 Å². The van der Waals surface area contributed by atoms with E-state index in [4.69, 9.17) is 4.74 Å². The zero-order valence-corrected chi connectivity index (χ0v) is 11.7. The molecule has 0 radical (unpaired) electrons. The largest absolute Gasteiger partial charge is 0.494 e. The predicted molar refractivity (Wildman–Crippen MR) is 79.7 cm³/mol. The van der Waals surface area contributed by atoms with Gasteiger partial charge in [0.25, 0.3) is 0 Å². The molecule has 0 saturated heterocycles. The van der Waals surface area contributed by atoms with Crippen LogP contribution in [0.4, 0.5) is 0 Å². The maximum Gasteiger partial charge on any atom is 0.124 e. The lowest BCUT2D eigenvalue weighted by Gasteiger charge is -2.13. The number of ether oxygens (including phenoxy) is 1. The average Bonchev–Trinajstić information content (AvgIpc) is 2.37. The maximum absolute atomic E-state index is 5.70. The Morgan fingerprint density at radius 2 is 1.83 bits per heavy atom. The van der Waals surface area contributed by atoms with Gasteiger partial charge in [-0.05, 0) is 30.3 Å². The Bertz CT molecular complexity index is 499. The third-order valence-electron chi connectivity index (χ3n) is 2.85. The van der Waals surface area contributed by atoms with Crippen LogP contribution in [-0.4, -0.2) is 13.2 Å². The van der Waals surface area contributed by atoms with E-state index in [1.165, 1.54) is 16.3 Å². The Morgan fingerprint density at radius 3 is 2.56 bits per heavy atom. The molecular weight excluding hydrogens is 246 g/mol. The first kappa shape index (κ1) is 14.8. The summed E-state index contributed by atoms with van der Waals surface area (Å²) >= 11 is 0. The van der Waals surface area contributed by atoms with E-state index >= 15 is 0 Å². The summed E-state index contributed by atoms with van der Waals surface area (Å²) in [7, 11) is 0. The molecule has 2 rings (SSSR count). The highest BCUT2D eigenvalue weighted by Crippen LogP contribution is 2.28. The Balaban J connectivity index is 0.00000162. The van der Waals surface area contributed by atoms with Crippen molar-refractivity contribution in [3.63, 3.8) is 0 Å². The van der Waals surface area contributed by atoms with Crippen LogP contribution in [-0.2, 0) is 6.54 Å². The molecule has 2 aromatic rings. The SMILES string of the molecule is CCNCc1c(OCC)ccc2ccccc12.Cl. The monoisotopic (exact) mass is 265 g/mol. The van der Waals surface area contributed by atoms with Crippen LogP contribution in [0.15, 0.2) is 36.4 Å². The molecule has 0 atom stereocenters. The highest BCUT2D eigenvalue weighted by atomic mass is 35.5. The minimum Gasteiger partial charge on any atom is -0.494 e. The number of halogens is 1. The van der Waals surface area contributed by atoms with Gasteiger partial charge in [0.05, 0.1) is 6.61 Å². The lowest BCUT2D eigenvalue weighted by molar-refractivity contribution is 0.336. The number of benzene rings is 2. The summed E-state index contributed by atoms with van der Waals surface area (Å²) in [6, 6.07) is 12.6. The van der Waals surface area contributed by atoms with E-state index < -0.39 is 0 Å². The van der Waals surface area contributed by atoms with Crippen LogP contribution in [0.25, 0.3) is 10.8 Å². The summed E-state index contributed by atoms with van der Waals surface area (Å²) < 4.78 is 5.70. The van der Waals surface area contributed by atoms with Crippen LogP contribution in [0.3, 0.4) is 0 Å². The second kappa shape index (κ2) is 7.24. The van der Waals surface area contributed by atoms with E-state index in [1.54, 1.807) is 0 Å². The van der Waals surface area contributed by atoms with Crippen molar-refractivity contribution in [3.8, 4) is 5.75 Å². The van der Waals surface area contributed by atoms with Gasteiger partial charge in [-0.3, -0.25) is 0 Å². The normalized spacial score (nSPS) is 10.1. The highest BCUT2D eigenvalue weighted by molar-refractivity contribution is 5.87. The molecule has 18 heavy (non-hydrogen) atoms. The van der Waals surface area contributed by atoms with Gasteiger partial charge in [-0.1, -0.05) is 37.3 Å². The minimum atomic E-state index is 0. The Hall–Kier alpha value is -1.25. The molecule has 0 spiro atoms. The van der Waals surface area contributed by atoms with Crippen molar-refractivity contribution in [2.24, 2.45) is 0 Å². The van der Waals surface area contributed by atoms with Gasteiger partial charge in [0.2, 0.25) is 0 Å². The zero-order valence-electron chi connectivity index (χ0n) is 10.9. The van der Waals surface area contributed by atoms with Crippen molar-refractivity contribution >= 4 is 23.2 Å². The topological polar surface area (TPSA) is 21.3 Å². The fourth-order valence-corrected chi connectivity index (χ4v) is 2.04. The molecule has 0 aromatic heterocycles. The molecule has 2 nitrogen and oxygen atoms in total. The molecule has 0 heterocycles. The number of hydrogen-bond acceptors (Lipinski definition) is 2. The summed E-state index contributed by atoms with van der Waals surface area (Å²) in [5, 5.41) is 5.92. The summed E-state index contributed by atoms with van der Waals surface area (Å²) in [5.74, 6) is 0.993. The molecule has 0 unspecified atom stereocenters. The maximum atomic E-state index is 5.70. The number of rotatable bonds is 5. The van der Waals surface area contributed by atoms with E-state index in [-0.39, 0.29) is 12.4 Å². The summed E-state index contributed by atoms with van der Waals surface area (Å²) in [5.41, 5.74) is 1.26. The molecule has 0 aliphatic heterocycles. The molecule has 0 aliphatic rings. The lowest BCUT2D eigenvalue weighted by atomic mass is 10.0. The second-order valence-electron chi connectivity index (χ2n) is 3.98. The molecular formula is C15H20ClNO. The van der Waals surface area contributed by atoms with Crippen molar-refractivity contribution in [3.05, 3.63) is 42.0 Å². The quantitative estimate of drug-likeness (QED) is 0.889. The third kappa shape index (κ3) is 3.15. The van der Waals surface area contributed by atoms with Crippen molar-refractivity contribution in [1.82, 2.24) is 5.32 Å². The molecule has 0 amide bonds. The molecule has 0 fully saturated rings. The van der Waals surface area contributed by atoms with Gasteiger partial charge < -0.3 is 10.1 Å². The summed E-state index contributed by atoms with van der Waals surface area (Å²) in [6.07, 6.45) is 0. The first-order chi connectivity index (χ1) is 8.36. The standard InChI is InChI=1S/C15H19NO.ClH/c1-3-16-11-14-13-8-6-5-7-12(13)9-10-15(14)17-4-2;/h5-10,16H,3-4,11H2,1-2H3;1H. The third-order valence-corrected chi connectivity index (χ3v) is 2.85. The fraction of sp³-hybridized carbons (Fsp3) is 0.333. The molecule has 0 saturated carbocycles. The van der Waals surface area contributed by atoms with E-state index in [0.29, 0.717) is 6.61 Å². The first-order valence-corrected chi connectivity index (χ1v) is 6.21. The Morgan fingerprint density at radius 1 is 1.06 bits per heavy atom. The van der Waals surface area contributed by atoms with Gasteiger partial charge in [0, 0.05) is 12.1 Å². The molecule has 3 heteroatoms. The van der Waals surface area contributed by atoms with Crippen LogP contribution >= 0.6 is 12.4 Å². The van der Waals surface area contributed by atoms with Crippen molar-refractivity contribution in [2.75, 3.05) is 13.2 Å². The summed E-state index contributed by atoms with van der Waals surface area (Å²) in [6.45, 7) is 6.66. The van der Waals surface area contributed by atoms with Gasteiger partial charge >= 0.3 is 0 Å². The van der Waals surface area contributed by atoms with Gasteiger partial charge in [-0.15, -0.1) is 12.4 Å². The van der Waals surface area contributed by atoms with Gasteiger partial charge in [0.15, 0.2) is 0 Å². The molecule has 0 bridgehead atoms. The van der Waals surface area contributed by atoms with E-state index in [2.05, 4.69) is 48.6 Å². The molecule has 2 aromatic carbocycles. The fourth-order valence-electron chi connectivity index (χ4n) is 2.04. The molecule has 0 aliphatic carbocycles. The van der Waals surface area contributed by atoms with Gasteiger partial charge in [-0.2, -0.15) is 0 Å². The number of nitrogens with one attached hydrogen (secondary N) is 1. The molecule has 1 N–H and O–H groups in total. The van der Waals surface area contributed by atoms with Crippen molar-refractivity contribution in [2.45, 2.75) is 20.4 Å². The van der Waals surface area contributed by atoms with Crippen LogP contribution < -0.4 is 10.1 Å². The smallest absolute Gasteiger partial charge is 0.124 e. The highest BCUT2D eigenvalue weighted by Gasteiger charge is 2.07. The Labute approximate surface area is 115 Å². The second-order valence-corrected chi connectivity index (χ2v) is 3.98. The van der Waals surface area contributed by atoms with Crippen molar-refractivity contribution < 1.29 is 4.74 Å². The van der Waals surface area contributed by atoms with Gasteiger partial charge in [-0.25, -0.2) is 0 Å². The first-order valence-electron chi connectivity index (χ1n) is 6.21. The predicted octanol–water partition coefficient (Wildman–Crippen LogP) is 3.77. The molecule has 98 valence electrons. The van der Waals surface area contributed by atoms with E-state index in [1.807, 2.05) is 6.92 Å². The van der Waals surface area contributed by atoms with E-state index in [0.717, 1.165) is 18.8 Å². The lowest BCUT2D eigenvalue weighted by Crippen LogP contribution is -2.13. The number of fused-ring (bicyclic) bond motifs is 1. The van der Waals surface area contributed by atoms with Crippen LogP contribution in [0.1, 0.15) is 19.4 Å². The van der Waals surface area contributed by atoms with Crippen molar-refractivity contribution in [1.29, 1.82) is 0 Å². The number of hydrogen-bond donors (Lipinski definition) is 1. The van der Waals surface area contributed by atoms with Gasteiger partial charge in [0.1, 0.15) is 5.75 Å². The van der Waals surface area contributed by atoms with Crippen LogP contribution in [0, 0.1) is 0 Å². The Kier molecular flexibility index (Phi) is 5.96.